The fourth-order valence-electron chi connectivity index (χ4n) is 7.18. The van der Waals surface area contributed by atoms with Gasteiger partial charge in [0.15, 0.2) is 0 Å². The summed E-state index contributed by atoms with van der Waals surface area (Å²) in [6.45, 7) is 6.57. The lowest BCUT2D eigenvalue weighted by Gasteiger charge is -2.13. The summed E-state index contributed by atoms with van der Waals surface area (Å²) in [7, 11) is 0. The summed E-state index contributed by atoms with van der Waals surface area (Å²) in [5.41, 5.74) is 16.4. The van der Waals surface area contributed by atoms with E-state index in [-0.39, 0.29) is 0 Å². The van der Waals surface area contributed by atoms with Crippen molar-refractivity contribution in [2.45, 2.75) is 39.5 Å². The van der Waals surface area contributed by atoms with Gasteiger partial charge in [0.05, 0.1) is 22.4 Å². The summed E-state index contributed by atoms with van der Waals surface area (Å²) in [5.74, 6) is 0.379. The van der Waals surface area contributed by atoms with Crippen molar-refractivity contribution < 1.29 is 0 Å². The number of aryl methyl sites for hydroxylation is 1. The predicted molar refractivity (Wildman–Crippen MR) is 193 cm³/mol. The van der Waals surface area contributed by atoms with E-state index in [1.54, 1.807) is 0 Å². The van der Waals surface area contributed by atoms with Gasteiger partial charge in [0, 0.05) is 34.2 Å². The van der Waals surface area contributed by atoms with Gasteiger partial charge in [-0.1, -0.05) is 111 Å². The van der Waals surface area contributed by atoms with Gasteiger partial charge in [0.2, 0.25) is 0 Å². The Hall–Kier alpha value is -5.41. The van der Waals surface area contributed by atoms with Crippen LogP contribution >= 0.6 is 0 Å². The standard InChI is InChI=1S/C43H35N3/c1-4-28-10-6-7-14-39(28)45-27(3)29-15-17-30(18-16-29)35-12-8-13-37-34(5-2)36-23-21-33(26-38(36)41(35)37)40-24-22-32-20-19-31-11-9-25-44-42(31)43(32)46-40/h6-26,34H,4-5H2,1-3H3/b45-27+. The van der Waals surface area contributed by atoms with E-state index in [0.29, 0.717) is 5.92 Å². The Balaban J connectivity index is 1.20. The van der Waals surface area contributed by atoms with Crippen LogP contribution in [0.3, 0.4) is 0 Å². The quantitative estimate of drug-likeness (QED) is 0.142. The Bertz CT molecular complexity index is 2300. The van der Waals surface area contributed by atoms with Gasteiger partial charge in [0.1, 0.15) is 0 Å². The Kier molecular flexibility index (Phi) is 7.02. The van der Waals surface area contributed by atoms with Crippen LogP contribution in [0, 0.1) is 0 Å². The number of para-hydroxylation sites is 1. The summed E-state index contributed by atoms with van der Waals surface area (Å²) >= 11 is 0. The molecule has 0 fully saturated rings. The van der Waals surface area contributed by atoms with Crippen molar-refractivity contribution in [2.24, 2.45) is 4.99 Å². The van der Waals surface area contributed by atoms with Crippen LogP contribution in [0.2, 0.25) is 0 Å². The lowest BCUT2D eigenvalue weighted by atomic mass is 9.91. The van der Waals surface area contributed by atoms with Gasteiger partial charge in [-0.25, -0.2) is 4.98 Å². The van der Waals surface area contributed by atoms with Crippen molar-refractivity contribution in [1.82, 2.24) is 9.97 Å². The molecule has 3 nitrogen and oxygen atoms in total. The minimum absolute atomic E-state index is 0.379. The zero-order valence-electron chi connectivity index (χ0n) is 26.5. The lowest BCUT2D eigenvalue weighted by molar-refractivity contribution is 0.797. The Labute approximate surface area is 270 Å². The molecular weight excluding hydrogens is 558 g/mol. The van der Waals surface area contributed by atoms with E-state index in [1.165, 1.54) is 38.9 Å². The van der Waals surface area contributed by atoms with E-state index in [9.17, 15) is 0 Å². The maximum Gasteiger partial charge on any atom is 0.0972 e. The van der Waals surface area contributed by atoms with Crippen LogP contribution in [0.4, 0.5) is 5.69 Å². The van der Waals surface area contributed by atoms with E-state index >= 15 is 0 Å². The second kappa shape index (κ2) is 11.5. The fraction of sp³-hybridized carbons (Fsp3) is 0.140. The number of hydrogen-bond acceptors (Lipinski definition) is 3. The molecule has 0 spiro atoms. The van der Waals surface area contributed by atoms with Crippen LogP contribution in [-0.2, 0) is 6.42 Å². The van der Waals surface area contributed by atoms with Crippen molar-refractivity contribution >= 4 is 33.2 Å². The third-order valence-corrected chi connectivity index (χ3v) is 9.58. The molecule has 7 aromatic rings. The number of benzene rings is 5. The van der Waals surface area contributed by atoms with Gasteiger partial charge < -0.3 is 0 Å². The largest absolute Gasteiger partial charge is 0.254 e. The van der Waals surface area contributed by atoms with Gasteiger partial charge in [-0.2, -0.15) is 0 Å². The fourth-order valence-corrected chi connectivity index (χ4v) is 7.18. The second-order valence-corrected chi connectivity index (χ2v) is 12.2. The third kappa shape index (κ3) is 4.71. The van der Waals surface area contributed by atoms with E-state index in [2.05, 4.69) is 141 Å². The SMILES string of the molecule is CCc1ccccc1/N=C(\C)c1ccc(-c2cccc3c2-c2cc(-c4ccc5ccc6cccnc6c5n4)ccc2C3CC)cc1. The minimum Gasteiger partial charge on any atom is -0.254 e. The van der Waals surface area contributed by atoms with Crippen molar-refractivity contribution in [3.8, 4) is 33.5 Å². The number of aliphatic imine (C=N–C) groups is 1. The third-order valence-electron chi connectivity index (χ3n) is 9.58. The number of hydrogen-bond donors (Lipinski definition) is 0. The molecule has 0 saturated heterocycles. The van der Waals surface area contributed by atoms with Gasteiger partial charge in [0.25, 0.3) is 0 Å². The van der Waals surface area contributed by atoms with Gasteiger partial charge in [-0.15, -0.1) is 0 Å². The van der Waals surface area contributed by atoms with Crippen molar-refractivity contribution in [1.29, 1.82) is 0 Å². The summed E-state index contributed by atoms with van der Waals surface area (Å²) in [5, 5.41) is 2.21. The normalized spacial score (nSPS) is 14.1. The molecule has 1 aliphatic carbocycles. The highest BCUT2D eigenvalue weighted by Crippen LogP contribution is 2.51. The van der Waals surface area contributed by atoms with Crippen LogP contribution in [-0.4, -0.2) is 15.7 Å². The Morgan fingerprint density at radius 3 is 2.28 bits per heavy atom. The minimum atomic E-state index is 0.379. The molecule has 0 radical (unpaired) electrons. The smallest absolute Gasteiger partial charge is 0.0972 e. The lowest BCUT2D eigenvalue weighted by Crippen LogP contribution is -1.95. The monoisotopic (exact) mass is 593 g/mol. The molecule has 5 aromatic carbocycles. The molecule has 0 aliphatic heterocycles. The number of fused-ring (bicyclic) bond motifs is 6. The molecule has 222 valence electrons. The van der Waals surface area contributed by atoms with Crippen molar-refractivity contribution in [3.05, 3.63) is 150 Å². The van der Waals surface area contributed by atoms with E-state index in [4.69, 9.17) is 9.98 Å². The molecule has 1 unspecified atom stereocenters. The van der Waals surface area contributed by atoms with Gasteiger partial charge in [-0.3, -0.25) is 9.98 Å². The summed E-state index contributed by atoms with van der Waals surface area (Å²) in [6.07, 6.45) is 3.88. The molecule has 2 aromatic heterocycles. The van der Waals surface area contributed by atoms with E-state index < -0.39 is 0 Å². The zero-order valence-corrected chi connectivity index (χ0v) is 26.5. The maximum absolute atomic E-state index is 5.17. The Morgan fingerprint density at radius 1 is 0.674 bits per heavy atom. The first kappa shape index (κ1) is 28.1. The molecule has 0 amide bonds. The molecular formula is C43H35N3. The van der Waals surface area contributed by atoms with Crippen LogP contribution in [0.25, 0.3) is 55.3 Å². The second-order valence-electron chi connectivity index (χ2n) is 12.2. The average molecular weight is 594 g/mol. The molecule has 46 heavy (non-hydrogen) atoms. The zero-order chi connectivity index (χ0) is 31.2. The number of pyridine rings is 2. The highest BCUT2D eigenvalue weighted by atomic mass is 14.8. The molecule has 0 bridgehead atoms. The highest BCUT2D eigenvalue weighted by Gasteiger charge is 2.30. The first-order valence-electron chi connectivity index (χ1n) is 16.3. The Morgan fingerprint density at radius 2 is 1.46 bits per heavy atom. The van der Waals surface area contributed by atoms with Crippen molar-refractivity contribution in [2.75, 3.05) is 0 Å². The van der Waals surface area contributed by atoms with Crippen molar-refractivity contribution in [3.63, 3.8) is 0 Å². The average Bonchev–Trinajstić information content (AvgIpc) is 3.44. The summed E-state index contributed by atoms with van der Waals surface area (Å²) in [4.78, 5) is 14.8. The van der Waals surface area contributed by atoms with E-state index in [1.807, 2.05) is 12.3 Å². The van der Waals surface area contributed by atoms with Crippen LogP contribution < -0.4 is 0 Å². The molecule has 1 aliphatic rings. The predicted octanol–water partition coefficient (Wildman–Crippen LogP) is 11.3. The topological polar surface area (TPSA) is 38.1 Å². The van der Waals surface area contributed by atoms with E-state index in [0.717, 1.165) is 62.9 Å². The number of nitrogens with zero attached hydrogens (tertiary/aromatic N) is 3. The van der Waals surface area contributed by atoms with Crippen LogP contribution in [0.15, 0.2) is 133 Å². The molecule has 3 heteroatoms. The summed E-state index contributed by atoms with van der Waals surface area (Å²) in [6, 6.07) is 43.7. The first-order valence-corrected chi connectivity index (χ1v) is 16.3. The molecule has 0 saturated carbocycles. The summed E-state index contributed by atoms with van der Waals surface area (Å²) < 4.78 is 0. The number of aromatic nitrogens is 2. The molecule has 8 rings (SSSR count). The molecule has 0 N–H and O–H groups in total. The van der Waals surface area contributed by atoms with Crippen LogP contribution in [0.1, 0.15) is 55.4 Å². The maximum atomic E-state index is 5.17. The number of rotatable bonds is 6. The highest BCUT2D eigenvalue weighted by molar-refractivity contribution is 6.04. The first-order chi connectivity index (χ1) is 22.6. The molecule has 2 heterocycles. The van der Waals surface area contributed by atoms with Gasteiger partial charge in [-0.05, 0) is 88.5 Å². The van der Waals surface area contributed by atoms with Crippen LogP contribution in [0.5, 0.6) is 0 Å². The molecule has 1 atom stereocenters. The van der Waals surface area contributed by atoms with Gasteiger partial charge >= 0.3 is 0 Å².